The van der Waals surface area contributed by atoms with Gasteiger partial charge < -0.3 is 9.72 Å². The van der Waals surface area contributed by atoms with Crippen LogP contribution in [-0.2, 0) is 0 Å². The van der Waals surface area contributed by atoms with E-state index in [1.54, 1.807) is 6.92 Å². The molecule has 1 atom stereocenters. The smallest absolute Gasteiger partial charge is 0.248 e. The van der Waals surface area contributed by atoms with E-state index < -0.39 is 5.92 Å². The van der Waals surface area contributed by atoms with Crippen LogP contribution in [0.2, 0.25) is 0 Å². The average molecular weight is 243 g/mol. The predicted molar refractivity (Wildman–Crippen MR) is 59.6 cm³/mol. The monoisotopic (exact) mass is 243 g/mol. The number of aryl methyl sites for hydroxylation is 1. The van der Waals surface area contributed by atoms with E-state index in [2.05, 4.69) is 4.98 Å². The molecule has 1 N–H and O–H groups in total. The van der Waals surface area contributed by atoms with Gasteiger partial charge >= 0.3 is 0 Å². The van der Waals surface area contributed by atoms with Crippen molar-refractivity contribution in [2.75, 3.05) is 6.61 Å². The van der Waals surface area contributed by atoms with Crippen molar-refractivity contribution in [1.29, 1.82) is 0 Å². The number of hydrogen-bond acceptors (Lipinski definition) is 2. The van der Waals surface area contributed by atoms with Crippen LogP contribution < -0.4 is 10.2 Å². The predicted octanol–water partition coefficient (Wildman–Crippen LogP) is 2.50. The number of alkyl halides is 2. The summed E-state index contributed by atoms with van der Waals surface area (Å²) in [5.74, 6) is -2.49. The van der Waals surface area contributed by atoms with Gasteiger partial charge in [-0.05, 0) is 19.3 Å². The van der Waals surface area contributed by atoms with Crippen LogP contribution in [0.4, 0.5) is 8.78 Å². The number of H-pyrrole nitrogens is 1. The van der Waals surface area contributed by atoms with Gasteiger partial charge in [0.1, 0.15) is 0 Å². The Kier molecular flexibility index (Phi) is 3.17. The summed E-state index contributed by atoms with van der Waals surface area (Å²) >= 11 is 0. The lowest BCUT2D eigenvalue weighted by atomic mass is 10.1. The normalized spacial score (nSPS) is 22.6. The van der Waals surface area contributed by atoms with Gasteiger partial charge in [-0.3, -0.25) is 4.79 Å². The van der Waals surface area contributed by atoms with Gasteiger partial charge in [0.15, 0.2) is 5.75 Å². The van der Waals surface area contributed by atoms with Crippen molar-refractivity contribution >= 4 is 0 Å². The van der Waals surface area contributed by atoms with Gasteiger partial charge in [0, 0.05) is 25.1 Å². The van der Waals surface area contributed by atoms with Gasteiger partial charge in [0.25, 0.3) is 0 Å². The number of aromatic nitrogens is 1. The van der Waals surface area contributed by atoms with Crippen molar-refractivity contribution in [1.82, 2.24) is 4.98 Å². The number of pyridine rings is 1. The molecule has 1 aliphatic carbocycles. The highest BCUT2D eigenvalue weighted by Crippen LogP contribution is 2.38. The van der Waals surface area contributed by atoms with Crippen LogP contribution >= 0.6 is 0 Å². The molecule has 0 saturated heterocycles. The minimum atomic E-state index is -2.56. The Balaban J connectivity index is 1.97. The summed E-state index contributed by atoms with van der Waals surface area (Å²) in [4.78, 5) is 14.3. The first-order valence-corrected chi connectivity index (χ1v) is 5.67. The molecule has 0 bridgehead atoms. The van der Waals surface area contributed by atoms with E-state index in [1.165, 1.54) is 12.3 Å². The first-order valence-electron chi connectivity index (χ1n) is 5.67. The van der Waals surface area contributed by atoms with Gasteiger partial charge in [-0.2, -0.15) is 0 Å². The Morgan fingerprint density at radius 1 is 1.59 bits per heavy atom. The van der Waals surface area contributed by atoms with Crippen molar-refractivity contribution in [3.8, 4) is 5.75 Å². The largest absolute Gasteiger partial charge is 0.487 e. The van der Waals surface area contributed by atoms with Gasteiger partial charge in [0.05, 0.1) is 12.3 Å². The van der Waals surface area contributed by atoms with E-state index in [0.717, 1.165) is 0 Å². The molecule has 0 aliphatic heterocycles. The summed E-state index contributed by atoms with van der Waals surface area (Å²) in [6.45, 7) is 1.91. The fraction of sp³-hybridized carbons (Fsp3) is 0.583. The third-order valence-corrected chi connectivity index (χ3v) is 3.07. The SMILES string of the molecule is Cc1[nH]ccc(=O)c1OCC1CCC(F)(F)C1. The number of halogens is 2. The highest BCUT2D eigenvalue weighted by Gasteiger charge is 2.39. The van der Waals surface area contributed by atoms with Crippen molar-refractivity contribution in [3.63, 3.8) is 0 Å². The molecule has 1 aromatic heterocycles. The fourth-order valence-electron chi connectivity index (χ4n) is 2.13. The quantitative estimate of drug-likeness (QED) is 0.886. The number of ether oxygens (including phenoxy) is 1. The summed E-state index contributed by atoms with van der Waals surface area (Å²) in [5.41, 5.74) is 0.410. The molecule has 17 heavy (non-hydrogen) atoms. The maximum absolute atomic E-state index is 13.0. The minimum Gasteiger partial charge on any atom is -0.487 e. The minimum absolute atomic E-state index is 0.0782. The molecule has 0 amide bonds. The third kappa shape index (κ3) is 2.84. The highest BCUT2D eigenvalue weighted by atomic mass is 19.3. The standard InChI is InChI=1S/C12H15F2NO2/c1-8-11(10(16)3-5-15-8)17-7-9-2-4-12(13,14)6-9/h3,5,9H,2,4,6-7H2,1H3,(H,15,16). The van der Waals surface area contributed by atoms with Crippen LogP contribution in [0.15, 0.2) is 17.1 Å². The number of rotatable bonds is 3. The lowest BCUT2D eigenvalue weighted by Gasteiger charge is -2.13. The molecule has 2 rings (SSSR count). The average Bonchev–Trinajstić information content (AvgIpc) is 2.57. The molecule has 3 nitrogen and oxygen atoms in total. The Morgan fingerprint density at radius 2 is 2.35 bits per heavy atom. The molecule has 5 heteroatoms. The second-order valence-corrected chi connectivity index (χ2v) is 4.57. The molecule has 1 heterocycles. The summed E-state index contributed by atoms with van der Waals surface area (Å²) in [6.07, 6.45) is 1.77. The highest BCUT2D eigenvalue weighted by molar-refractivity contribution is 5.25. The van der Waals surface area contributed by atoms with Gasteiger partial charge in [-0.15, -0.1) is 0 Å². The molecule has 0 spiro atoms. The van der Waals surface area contributed by atoms with E-state index in [9.17, 15) is 13.6 Å². The maximum Gasteiger partial charge on any atom is 0.248 e. The molecule has 1 aliphatic rings. The Morgan fingerprint density at radius 3 is 2.94 bits per heavy atom. The molecule has 1 aromatic rings. The summed E-state index contributed by atoms with van der Waals surface area (Å²) < 4.78 is 31.3. The van der Waals surface area contributed by atoms with Gasteiger partial charge in [-0.25, -0.2) is 8.78 Å². The van der Waals surface area contributed by atoms with Crippen LogP contribution in [0.1, 0.15) is 25.0 Å². The molecule has 1 unspecified atom stereocenters. The topological polar surface area (TPSA) is 42.1 Å². The molecule has 0 aromatic carbocycles. The lowest BCUT2D eigenvalue weighted by Crippen LogP contribution is -2.17. The number of nitrogens with one attached hydrogen (secondary N) is 1. The molecule has 94 valence electrons. The Labute approximate surface area is 97.8 Å². The van der Waals surface area contributed by atoms with Crippen molar-refractivity contribution < 1.29 is 13.5 Å². The molecule has 1 fully saturated rings. The maximum atomic E-state index is 13.0. The summed E-state index contributed by atoms with van der Waals surface area (Å²) in [6, 6.07) is 1.37. The third-order valence-electron chi connectivity index (χ3n) is 3.07. The second-order valence-electron chi connectivity index (χ2n) is 4.57. The van der Waals surface area contributed by atoms with Gasteiger partial charge in [0.2, 0.25) is 11.4 Å². The van der Waals surface area contributed by atoms with Crippen LogP contribution in [0.3, 0.4) is 0 Å². The van der Waals surface area contributed by atoms with Gasteiger partial charge in [-0.1, -0.05) is 0 Å². The van der Waals surface area contributed by atoms with Crippen molar-refractivity contribution in [3.05, 3.63) is 28.2 Å². The molecular formula is C12H15F2NO2. The van der Waals surface area contributed by atoms with E-state index in [-0.39, 0.29) is 36.5 Å². The van der Waals surface area contributed by atoms with E-state index >= 15 is 0 Å². The summed E-state index contributed by atoms with van der Waals surface area (Å²) in [5, 5.41) is 0. The Bertz CT molecular complexity index is 456. The van der Waals surface area contributed by atoms with Crippen LogP contribution in [0, 0.1) is 12.8 Å². The zero-order chi connectivity index (χ0) is 12.5. The van der Waals surface area contributed by atoms with Crippen LogP contribution in [0.5, 0.6) is 5.75 Å². The lowest BCUT2D eigenvalue weighted by molar-refractivity contribution is 0.00289. The van der Waals surface area contributed by atoms with Crippen LogP contribution in [0.25, 0.3) is 0 Å². The van der Waals surface area contributed by atoms with E-state index in [4.69, 9.17) is 4.74 Å². The Hall–Kier alpha value is -1.39. The zero-order valence-electron chi connectivity index (χ0n) is 9.63. The number of hydrogen-bond donors (Lipinski definition) is 1. The molecular weight excluding hydrogens is 228 g/mol. The fourth-order valence-corrected chi connectivity index (χ4v) is 2.13. The second kappa shape index (κ2) is 4.47. The first kappa shape index (κ1) is 12.1. The summed E-state index contributed by atoms with van der Waals surface area (Å²) in [7, 11) is 0. The van der Waals surface area contributed by atoms with Crippen LogP contribution in [-0.4, -0.2) is 17.5 Å². The van der Waals surface area contributed by atoms with E-state index in [0.29, 0.717) is 12.1 Å². The zero-order valence-corrected chi connectivity index (χ0v) is 9.63. The number of aromatic amines is 1. The van der Waals surface area contributed by atoms with Crippen molar-refractivity contribution in [2.24, 2.45) is 5.92 Å². The van der Waals surface area contributed by atoms with Crippen molar-refractivity contribution in [2.45, 2.75) is 32.1 Å². The molecule has 1 saturated carbocycles. The molecule has 0 radical (unpaired) electrons. The van der Waals surface area contributed by atoms with E-state index in [1.807, 2.05) is 0 Å². The first-order chi connectivity index (χ1) is 7.98.